The minimum absolute atomic E-state index is 0.0883. The largest absolute Gasteiger partial charge is 0.493 e. The van der Waals surface area contributed by atoms with E-state index in [1.807, 2.05) is 26.8 Å². The number of aromatic nitrogens is 4. The highest BCUT2D eigenvalue weighted by molar-refractivity contribution is 5.95. The van der Waals surface area contributed by atoms with E-state index in [2.05, 4.69) is 20.4 Å². The van der Waals surface area contributed by atoms with Crippen molar-refractivity contribution in [2.24, 2.45) is 0 Å². The molecule has 1 unspecified atom stereocenters. The molecule has 4 aromatic rings. The van der Waals surface area contributed by atoms with Crippen LogP contribution in [-0.4, -0.2) is 80.5 Å². The molecule has 5 rings (SSSR count). The molecule has 0 saturated heterocycles. The van der Waals surface area contributed by atoms with Crippen LogP contribution in [0.5, 0.6) is 23.1 Å². The normalized spacial score (nSPS) is 13.4. The Morgan fingerprint density at radius 3 is 2.70 bits per heavy atom. The fourth-order valence-electron chi connectivity index (χ4n) is 4.54. The summed E-state index contributed by atoms with van der Waals surface area (Å²) in [6.45, 7) is 5.31. The monoisotopic (exact) mass is 606 g/mol. The van der Waals surface area contributed by atoms with E-state index in [-0.39, 0.29) is 24.9 Å². The van der Waals surface area contributed by atoms with E-state index in [0.717, 1.165) is 5.56 Å². The molecule has 0 saturated carbocycles. The van der Waals surface area contributed by atoms with Gasteiger partial charge in [-0.1, -0.05) is 6.07 Å². The first-order valence-electron chi connectivity index (χ1n) is 13.9. The summed E-state index contributed by atoms with van der Waals surface area (Å²) in [5, 5.41) is 26.3. The molecule has 0 bridgehead atoms. The Balaban J connectivity index is 1.24. The highest BCUT2D eigenvalue weighted by atomic mass is 16.6. The second kappa shape index (κ2) is 12.7. The minimum atomic E-state index is -1.04. The van der Waals surface area contributed by atoms with Gasteiger partial charge in [0, 0.05) is 18.3 Å². The molecule has 1 atom stereocenters. The Morgan fingerprint density at radius 1 is 1.14 bits per heavy atom. The lowest BCUT2D eigenvalue weighted by atomic mass is 10.1. The van der Waals surface area contributed by atoms with Gasteiger partial charge in [-0.3, -0.25) is 14.4 Å². The summed E-state index contributed by atoms with van der Waals surface area (Å²) in [4.78, 5) is 35.6. The number of aliphatic hydroxyl groups excluding tert-OH is 2. The zero-order chi connectivity index (χ0) is 31.4. The molecule has 2 amide bonds. The van der Waals surface area contributed by atoms with Crippen molar-refractivity contribution in [2.45, 2.75) is 45.4 Å². The summed E-state index contributed by atoms with van der Waals surface area (Å²) in [6, 6.07) is 8.72. The summed E-state index contributed by atoms with van der Waals surface area (Å²) in [5.74, 6) is 0.936. The van der Waals surface area contributed by atoms with Gasteiger partial charge in [0.05, 0.1) is 42.7 Å². The van der Waals surface area contributed by atoms with Gasteiger partial charge in [0.25, 0.3) is 0 Å². The van der Waals surface area contributed by atoms with Crippen molar-refractivity contribution in [2.75, 3.05) is 37.1 Å². The minimum Gasteiger partial charge on any atom is -0.493 e. The zero-order valence-electron chi connectivity index (χ0n) is 24.8. The third kappa shape index (κ3) is 7.15. The Bertz CT molecular complexity index is 1670. The van der Waals surface area contributed by atoms with Crippen molar-refractivity contribution in [3.8, 4) is 23.1 Å². The number of fused-ring (bicyclic) bond motifs is 2. The molecule has 44 heavy (non-hydrogen) atoms. The number of methoxy groups -OCH3 is 1. The molecular formula is C30H34N6O8. The van der Waals surface area contributed by atoms with E-state index < -0.39 is 24.4 Å². The van der Waals surface area contributed by atoms with Gasteiger partial charge in [-0.05, 0) is 51.0 Å². The van der Waals surface area contributed by atoms with Crippen molar-refractivity contribution in [1.29, 1.82) is 0 Å². The zero-order valence-corrected chi connectivity index (χ0v) is 24.8. The first kappa shape index (κ1) is 30.5. The van der Waals surface area contributed by atoms with Gasteiger partial charge in [0.1, 0.15) is 31.2 Å². The first-order chi connectivity index (χ1) is 21.0. The number of hydrogen-bond acceptors (Lipinski definition) is 11. The quantitative estimate of drug-likeness (QED) is 0.242. The maximum atomic E-state index is 12.9. The van der Waals surface area contributed by atoms with Crippen LogP contribution in [-0.2, 0) is 22.5 Å². The molecule has 3 heterocycles. The lowest BCUT2D eigenvalue weighted by molar-refractivity contribution is -0.116. The lowest BCUT2D eigenvalue weighted by Crippen LogP contribution is -2.35. The van der Waals surface area contributed by atoms with Gasteiger partial charge in [0.15, 0.2) is 17.2 Å². The summed E-state index contributed by atoms with van der Waals surface area (Å²) < 4.78 is 23.9. The van der Waals surface area contributed by atoms with Gasteiger partial charge in [-0.15, -0.1) is 0 Å². The van der Waals surface area contributed by atoms with E-state index in [0.29, 0.717) is 52.5 Å². The van der Waals surface area contributed by atoms with Crippen LogP contribution in [0, 0.1) is 0 Å². The summed E-state index contributed by atoms with van der Waals surface area (Å²) in [5.41, 5.74) is 2.14. The standard InChI is InChI=1S/C30H34N6O8/c1-30(2,3)44-29(40)36-8-7-18-5-6-19(9-24(18)36)34-27(39)14-35-13-21(12-33-35)43-28-22-10-25(41-4)26(42-16-20(38)15-37)11-23(22)31-17-32-28/h5-6,9-13,17,20,37-38H,7-8,14-16H2,1-4H3,(H,34,39). The fraction of sp³-hybridized carbons (Fsp3) is 0.367. The van der Waals surface area contributed by atoms with E-state index in [1.165, 1.54) is 24.3 Å². The SMILES string of the molecule is COc1cc2c(Oc3cnn(CC(=O)Nc4ccc5c(c4)N(C(=O)OC(C)(C)C)CC5)c3)ncnc2cc1OCC(O)CO. The third-order valence-corrected chi connectivity index (χ3v) is 6.53. The molecule has 2 aromatic heterocycles. The summed E-state index contributed by atoms with van der Waals surface area (Å²) >= 11 is 0. The average Bonchev–Trinajstić information content (AvgIpc) is 3.61. The maximum absolute atomic E-state index is 12.9. The van der Waals surface area contributed by atoms with Crippen molar-refractivity contribution in [3.05, 3.63) is 54.6 Å². The Hall–Kier alpha value is -4.95. The second-order valence-electron chi connectivity index (χ2n) is 11.1. The number of carbonyl (C=O) groups excluding carboxylic acids is 2. The Morgan fingerprint density at radius 2 is 1.95 bits per heavy atom. The van der Waals surface area contributed by atoms with Crippen LogP contribution in [0.2, 0.25) is 0 Å². The fourth-order valence-corrected chi connectivity index (χ4v) is 4.54. The first-order valence-corrected chi connectivity index (χ1v) is 13.9. The molecular weight excluding hydrogens is 572 g/mol. The molecule has 1 aliphatic rings. The van der Waals surface area contributed by atoms with Gasteiger partial charge >= 0.3 is 6.09 Å². The number of benzene rings is 2. The van der Waals surface area contributed by atoms with Gasteiger partial charge in [-0.2, -0.15) is 5.10 Å². The number of carbonyl (C=O) groups is 2. The number of rotatable bonds is 10. The van der Waals surface area contributed by atoms with Crippen LogP contribution in [0.15, 0.2) is 49.1 Å². The summed E-state index contributed by atoms with van der Waals surface area (Å²) in [7, 11) is 1.47. The molecule has 1 aliphatic heterocycles. The number of nitrogens with one attached hydrogen (secondary N) is 1. The summed E-state index contributed by atoms with van der Waals surface area (Å²) in [6.07, 6.45) is 3.59. The van der Waals surface area contributed by atoms with E-state index >= 15 is 0 Å². The molecule has 232 valence electrons. The Kier molecular flexibility index (Phi) is 8.83. The van der Waals surface area contributed by atoms with E-state index in [1.54, 1.807) is 35.4 Å². The maximum Gasteiger partial charge on any atom is 0.414 e. The van der Waals surface area contributed by atoms with E-state index in [9.17, 15) is 14.7 Å². The predicted molar refractivity (Wildman–Crippen MR) is 159 cm³/mol. The number of ether oxygens (including phenoxy) is 4. The average molecular weight is 607 g/mol. The molecule has 0 fully saturated rings. The van der Waals surface area contributed by atoms with Crippen LogP contribution in [0.3, 0.4) is 0 Å². The molecule has 0 spiro atoms. The number of hydrogen-bond donors (Lipinski definition) is 3. The number of nitrogens with zero attached hydrogens (tertiary/aromatic N) is 5. The molecule has 0 radical (unpaired) electrons. The topological polar surface area (TPSA) is 170 Å². The molecule has 14 heteroatoms. The molecule has 14 nitrogen and oxygen atoms in total. The Labute approximate surface area is 253 Å². The molecule has 3 N–H and O–H groups in total. The van der Waals surface area contributed by atoms with Crippen molar-refractivity contribution in [3.63, 3.8) is 0 Å². The highest BCUT2D eigenvalue weighted by Gasteiger charge is 2.29. The molecule has 2 aromatic carbocycles. The van der Waals surface area contributed by atoms with Crippen molar-refractivity contribution in [1.82, 2.24) is 19.7 Å². The number of aliphatic hydroxyl groups is 2. The smallest absolute Gasteiger partial charge is 0.414 e. The van der Waals surface area contributed by atoms with Crippen LogP contribution in [0.4, 0.5) is 16.2 Å². The number of anilines is 2. The van der Waals surface area contributed by atoms with Crippen LogP contribution in [0.1, 0.15) is 26.3 Å². The predicted octanol–water partition coefficient (Wildman–Crippen LogP) is 3.30. The van der Waals surface area contributed by atoms with Crippen molar-refractivity contribution < 1.29 is 38.7 Å². The van der Waals surface area contributed by atoms with Crippen LogP contribution in [0.25, 0.3) is 10.9 Å². The van der Waals surface area contributed by atoms with Gasteiger partial charge in [0.2, 0.25) is 11.8 Å². The highest BCUT2D eigenvalue weighted by Crippen LogP contribution is 2.36. The van der Waals surface area contributed by atoms with Gasteiger partial charge in [-0.25, -0.2) is 14.8 Å². The van der Waals surface area contributed by atoms with Crippen LogP contribution >= 0.6 is 0 Å². The van der Waals surface area contributed by atoms with Gasteiger partial charge < -0.3 is 34.5 Å². The van der Waals surface area contributed by atoms with E-state index in [4.69, 9.17) is 24.1 Å². The number of amides is 2. The molecule has 0 aliphatic carbocycles. The van der Waals surface area contributed by atoms with Crippen LogP contribution < -0.4 is 24.4 Å². The third-order valence-electron chi connectivity index (χ3n) is 6.53. The lowest BCUT2D eigenvalue weighted by Gasteiger charge is -2.25. The van der Waals surface area contributed by atoms with Crippen molar-refractivity contribution >= 4 is 34.3 Å². The second-order valence-corrected chi connectivity index (χ2v) is 11.1.